The number of nitrogens with two attached hydrogens (primary N) is 1. The van der Waals surface area contributed by atoms with Gasteiger partial charge in [-0.05, 0) is 19.1 Å². The van der Waals surface area contributed by atoms with Gasteiger partial charge in [0.1, 0.15) is 29.9 Å². The monoisotopic (exact) mass is 302 g/mol. The lowest BCUT2D eigenvalue weighted by Gasteiger charge is -2.27. The van der Waals surface area contributed by atoms with E-state index in [0.29, 0.717) is 23.5 Å². The van der Waals surface area contributed by atoms with Crippen LogP contribution in [0.25, 0.3) is 21.9 Å². The summed E-state index contributed by atoms with van der Waals surface area (Å²) in [6.07, 6.45) is -1.09. The maximum Gasteiger partial charge on any atom is 0.152 e. The van der Waals surface area contributed by atoms with Crippen LogP contribution in [-0.2, 0) is 11.3 Å². The van der Waals surface area contributed by atoms with Crippen molar-refractivity contribution >= 4 is 27.8 Å². The molecule has 22 heavy (non-hydrogen) atoms. The summed E-state index contributed by atoms with van der Waals surface area (Å²) in [7, 11) is 0. The number of fused-ring (bicyclic) bond motifs is 5. The number of anilines is 1. The summed E-state index contributed by atoms with van der Waals surface area (Å²) in [5.74, 6) is 1.01. The number of halogens is 1. The summed E-state index contributed by atoms with van der Waals surface area (Å²) >= 11 is 0. The zero-order valence-electron chi connectivity index (χ0n) is 12.0. The normalized spacial score (nSPS) is 19.5. The molecule has 3 heterocycles. The molecule has 0 saturated heterocycles. The van der Waals surface area contributed by atoms with Crippen molar-refractivity contribution in [3.05, 3.63) is 24.0 Å². The lowest BCUT2D eigenvalue weighted by molar-refractivity contribution is 0.0309. The summed E-state index contributed by atoms with van der Waals surface area (Å²) in [5.41, 5.74) is 7.85. The number of hydrogen-bond donors (Lipinski definition) is 2. The van der Waals surface area contributed by atoms with E-state index in [2.05, 4.69) is 9.97 Å². The third kappa shape index (κ3) is 1.75. The van der Waals surface area contributed by atoms with Gasteiger partial charge in [0.05, 0.1) is 23.7 Å². The van der Waals surface area contributed by atoms with Gasteiger partial charge in [-0.1, -0.05) is 0 Å². The summed E-state index contributed by atoms with van der Waals surface area (Å²) in [4.78, 5) is 8.76. The highest BCUT2D eigenvalue weighted by molar-refractivity contribution is 6.07. The number of imidazole rings is 1. The highest BCUT2D eigenvalue weighted by atomic mass is 19.1. The molecule has 1 unspecified atom stereocenters. The molecular formula is C15H15FN4O2. The number of aromatic hydroxyl groups is 1. The molecule has 114 valence electrons. The summed E-state index contributed by atoms with van der Waals surface area (Å²) in [5, 5.41) is 10.4. The van der Waals surface area contributed by atoms with Crippen molar-refractivity contribution in [2.24, 2.45) is 0 Å². The second-order valence-corrected chi connectivity index (χ2v) is 5.55. The number of hydrogen-bond acceptors (Lipinski definition) is 5. The van der Waals surface area contributed by atoms with E-state index in [-0.39, 0.29) is 18.2 Å². The molecule has 0 spiro atoms. The zero-order valence-corrected chi connectivity index (χ0v) is 12.0. The van der Waals surface area contributed by atoms with E-state index in [4.69, 9.17) is 10.5 Å². The predicted molar refractivity (Wildman–Crippen MR) is 80.4 cm³/mol. The predicted octanol–water partition coefficient (Wildman–Crippen LogP) is 2.30. The molecule has 7 heteroatoms. The third-order valence-electron chi connectivity index (χ3n) is 4.09. The Bertz CT molecular complexity index is 890. The minimum atomic E-state index is -1.09. The minimum Gasteiger partial charge on any atom is -0.508 e. The smallest absolute Gasteiger partial charge is 0.152 e. The van der Waals surface area contributed by atoms with Gasteiger partial charge in [-0.15, -0.1) is 0 Å². The number of nitrogens with zero attached hydrogens (tertiary/aromatic N) is 3. The van der Waals surface area contributed by atoms with Crippen molar-refractivity contribution in [2.45, 2.75) is 25.7 Å². The first-order valence-electron chi connectivity index (χ1n) is 7.07. The summed E-state index contributed by atoms with van der Waals surface area (Å²) in [6.45, 7) is 2.11. The van der Waals surface area contributed by atoms with Crippen LogP contribution in [0.1, 0.15) is 18.8 Å². The van der Waals surface area contributed by atoms with Gasteiger partial charge < -0.3 is 20.1 Å². The Labute approximate surface area is 125 Å². The number of phenols is 1. The largest absolute Gasteiger partial charge is 0.508 e. The lowest BCUT2D eigenvalue weighted by atomic mass is 10.1. The molecule has 3 N–H and O–H groups in total. The average molecular weight is 302 g/mol. The fraction of sp³-hybridized carbons (Fsp3) is 0.333. The van der Waals surface area contributed by atoms with Crippen molar-refractivity contribution in [1.82, 2.24) is 14.5 Å². The Morgan fingerprint density at radius 1 is 1.45 bits per heavy atom. The highest BCUT2D eigenvalue weighted by Gasteiger charge is 2.30. The molecule has 1 aromatic carbocycles. The molecule has 0 aliphatic carbocycles. The molecule has 0 amide bonds. The quantitative estimate of drug-likeness (QED) is 0.720. The molecule has 4 rings (SSSR count). The average Bonchev–Trinajstić information content (AvgIpc) is 2.87. The van der Waals surface area contributed by atoms with Crippen LogP contribution >= 0.6 is 0 Å². The number of ether oxygens (including phenoxy) is 1. The minimum absolute atomic E-state index is 0.107. The first-order valence-corrected chi connectivity index (χ1v) is 7.07. The molecule has 0 fully saturated rings. The Hall–Kier alpha value is -2.41. The van der Waals surface area contributed by atoms with E-state index in [9.17, 15) is 9.50 Å². The second-order valence-electron chi connectivity index (χ2n) is 5.55. The zero-order chi connectivity index (χ0) is 15.4. The number of nitrogen functional groups attached to an aromatic ring is 1. The number of phenolic OH excluding ortho intramolecular Hbond substituents is 1. The van der Waals surface area contributed by atoms with Crippen molar-refractivity contribution in [1.29, 1.82) is 0 Å². The Kier molecular flexibility index (Phi) is 2.74. The molecule has 0 bridgehead atoms. The number of rotatable bonds is 1. The van der Waals surface area contributed by atoms with E-state index in [1.807, 2.05) is 4.57 Å². The molecule has 2 aromatic heterocycles. The third-order valence-corrected chi connectivity index (χ3v) is 4.09. The second kappa shape index (κ2) is 4.54. The maximum atomic E-state index is 14.0. The van der Waals surface area contributed by atoms with Gasteiger partial charge in [0.2, 0.25) is 0 Å². The van der Waals surface area contributed by atoms with E-state index >= 15 is 0 Å². The summed E-state index contributed by atoms with van der Waals surface area (Å²) < 4.78 is 21.3. The van der Waals surface area contributed by atoms with Crippen LogP contribution in [0, 0.1) is 0 Å². The van der Waals surface area contributed by atoms with Gasteiger partial charge in [0.25, 0.3) is 0 Å². The van der Waals surface area contributed by atoms with Gasteiger partial charge in [-0.3, -0.25) is 0 Å². The SMILES string of the molecule is CC(F)[C@H]1COCc2nc3c(N)nc4cc(O)ccc4c3n21. The molecular weight excluding hydrogens is 287 g/mol. The lowest BCUT2D eigenvalue weighted by Crippen LogP contribution is -2.29. The van der Waals surface area contributed by atoms with Gasteiger partial charge in [-0.25, -0.2) is 14.4 Å². The van der Waals surface area contributed by atoms with Crippen LogP contribution in [0.3, 0.4) is 0 Å². The Morgan fingerprint density at radius 3 is 3.05 bits per heavy atom. The van der Waals surface area contributed by atoms with E-state index < -0.39 is 12.2 Å². The van der Waals surface area contributed by atoms with Crippen LogP contribution < -0.4 is 5.73 Å². The molecule has 0 saturated carbocycles. The first kappa shape index (κ1) is 13.3. The molecule has 0 radical (unpaired) electrons. The molecule has 2 atom stereocenters. The maximum absolute atomic E-state index is 14.0. The van der Waals surface area contributed by atoms with Crippen LogP contribution in [-0.4, -0.2) is 32.4 Å². The van der Waals surface area contributed by atoms with Crippen LogP contribution in [0.15, 0.2) is 18.2 Å². The first-order chi connectivity index (χ1) is 10.6. The van der Waals surface area contributed by atoms with Crippen molar-refractivity contribution < 1.29 is 14.2 Å². The molecule has 1 aliphatic rings. The number of benzene rings is 1. The molecule has 1 aliphatic heterocycles. The van der Waals surface area contributed by atoms with Crippen molar-refractivity contribution in [2.75, 3.05) is 12.3 Å². The molecule has 6 nitrogen and oxygen atoms in total. The highest BCUT2D eigenvalue weighted by Crippen LogP contribution is 2.35. The fourth-order valence-electron chi connectivity index (χ4n) is 3.05. The number of aromatic nitrogens is 3. The standard InChI is InChI=1S/C15H15FN4O2/c1-7(16)11-5-22-6-12-19-13-14(20(11)12)9-3-2-8(21)4-10(9)18-15(13)17/h2-4,7,11,21H,5-6H2,1H3,(H2,17,18)/t7?,11-/m1/s1. The van der Waals surface area contributed by atoms with Crippen molar-refractivity contribution in [3.63, 3.8) is 0 Å². The number of alkyl halides is 1. The van der Waals surface area contributed by atoms with E-state index in [1.165, 1.54) is 13.0 Å². The van der Waals surface area contributed by atoms with Crippen molar-refractivity contribution in [3.8, 4) is 5.75 Å². The van der Waals surface area contributed by atoms with Gasteiger partial charge in [-0.2, -0.15) is 0 Å². The fourth-order valence-corrected chi connectivity index (χ4v) is 3.05. The number of pyridine rings is 1. The van der Waals surface area contributed by atoms with Gasteiger partial charge in [0.15, 0.2) is 5.82 Å². The summed E-state index contributed by atoms with van der Waals surface area (Å²) in [6, 6.07) is 4.42. The Morgan fingerprint density at radius 2 is 2.27 bits per heavy atom. The van der Waals surface area contributed by atoms with E-state index in [1.54, 1.807) is 12.1 Å². The molecule has 3 aromatic rings. The van der Waals surface area contributed by atoms with Crippen LogP contribution in [0.2, 0.25) is 0 Å². The van der Waals surface area contributed by atoms with Crippen LogP contribution in [0.4, 0.5) is 10.2 Å². The van der Waals surface area contributed by atoms with E-state index in [0.717, 1.165) is 10.9 Å². The topological polar surface area (TPSA) is 86.2 Å². The Balaban J connectivity index is 2.15. The van der Waals surface area contributed by atoms with Crippen LogP contribution in [0.5, 0.6) is 5.75 Å². The van der Waals surface area contributed by atoms with Gasteiger partial charge in [0, 0.05) is 11.5 Å². The van der Waals surface area contributed by atoms with Gasteiger partial charge >= 0.3 is 0 Å².